The molecular weight excluding hydrogens is 297 g/mol. The highest BCUT2D eigenvalue weighted by Gasteiger charge is 2.38. The number of likely N-dealkylation sites (N-methyl/N-ethyl adjacent to an activating group) is 1. The van der Waals surface area contributed by atoms with E-state index in [0.29, 0.717) is 12.8 Å². The summed E-state index contributed by atoms with van der Waals surface area (Å²) < 4.78 is 39.6. The van der Waals surface area contributed by atoms with Crippen LogP contribution in [0.5, 0.6) is 0 Å². The molecule has 1 aliphatic heterocycles. The molecule has 1 saturated heterocycles. The minimum Gasteiger partial charge on any atom is -0.398 e. The van der Waals surface area contributed by atoms with Crippen molar-refractivity contribution in [1.82, 2.24) is 9.62 Å². The number of hydrogen-bond acceptors (Lipinski definition) is 4. The van der Waals surface area contributed by atoms with Gasteiger partial charge in [-0.15, -0.1) is 0 Å². The Balaban J connectivity index is 2.43. The van der Waals surface area contributed by atoms with Crippen LogP contribution in [0.15, 0.2) is 23.1 Å². The molecule has 21 heavy (non-hydrogen) atoms. The average Bonchev–Trinajstić information content (AvgIpc) is 2.46. The Morgan fingerprint density at radius 1 is 1.43 bits per heavy atom. The lowest BCUT2D eigenvalue weighted by Crippen LogP contribution is -2.51. The van der Waals surface area contributed by atoms with Crippen molar-refractivity contribution in [3.8, 4) is 0 Å². The number of benzene rings is 1. The van der Waals surface area contributed by atoms with Crippen LogP contribution >= 0.6 is 0 Å². The summed E-state index contributed by atoms with van der Waals surface area (Å²) in [4.78, 5) is 11.7. The van der Waals surface area contributed by atoms with Gasteiger partial charge in [0.1, 0.15) is 16.8 Å². The molecule has 3 N–H and O–H groups in total. The molecule has 1 unspecified atom stereocenters. The second kappa shape index (κ2) is 5.98. The summed E-state index contributed by atoms with van der Waals surface area (Å²) in [6.07, 6.45) is 1.91. The van der Waals surface area contributed by atoms with Crippen LogP contribution in [-0.2, 0) is 14.8 Å². The van der Waals surface area contributed by atoms with E-state index in [1.54, 1.807) is 0 Å². The summed E-state index contributed by atoms with van der Waals surface area (Å²) in [5, 5.41) is 2.48. The van der Waals surface area contributed by atoms with Crippen molar-refractivity contribution in [1.29, 1.82) is 0 Å². The molecule has 1 aromatic carbocycles. The van der Waals surface area contributed by atoms with Crippen LogP contribution in [-0.4, -0.2) is 38.3 Å². The molecule has 8 heteroatoms. The van der Waals surface area contributed by atoms with Crippen molar-refractivity contribution in [3.05, 3.63) is 24.0 Å². The van der Waals surface area contributed by atoms with Crippen molar-refractivity contribution in [3.63, 3.8) is 0 Å². The molecule has 0 radical (unpaired) electrons. The molecule has 1 atom stereocenters. The molecule has 6 nitrogen and oxygen atoms in total. The van der Waals surface area contributed by atoms with E-state index in [-0.39, 0.29) is 23.0 Å². The minimum atomic E-state index is -3.93. The first-order chi connectivity index (χ1) is 9.87. The van der Waals surface area contributed by atoms with Gasteiger partial charge in [-0.2, -0.15) is 4.31 Å². The number of sulfonamides is 1. The number of halogens is 1. The van der Waals surface area contributed by atoms with E-state index in [1.165, 1.54) is 7.05 Å². The summed E-state index contributed by atoms with van der Waals surface area (Å²) in [5.74, 6) is -0.952. The number of nitrogens with zero attached hydrogens (tertiary/aromatic N) is 1. The molecule has 0 aromatic heterocycles. The third kappa shape index (κ3) is 3.01. The highest BCUT2D eigenvalue weighted by Crippen LogP contribution is 2.28. The molecule has 1 amide bonds. The number of nitrogens with one attached hydrogen (secondary N) is 1. The minimum absolute atomic E-state index is 0.156. The molecule has 1 aromatic rings. The van der Waals surface area contributed by atoms with Crippen LogP contribution in [0.1, 0.15) is 19.3 Å². The third-order valence-corrected chi connectivity index (χ3v) is 5.54. The predicted molar refractivity (Wildman–Crippen MR) is 76.4 cm³/mol. The largest absolute Gasteiger partial charge is 0.398 e. The van der Waals surface area contributed by atoms with E-state index in [4.69, 9.17) is 5.73 Å². The van der Waals surface area contributed by atoms with Crippen LogP contribution in [0.3, 0.4) is 0 Å². The predicted octanol–water partition coefficient (Wildman–Crippen LogP) is 0.697. The zero-order valence-electron chi connectivity index (χ0n) is 11.7. The maximum absolute atomic E-state index is 13.1. The van der Waals surface area contributed by atoms with Gasteiger partial charge in [0.2, 0.25) is 15.9 Å². The fourth-order valence-corrected chi connectivity index (χ4v) is 4.26. The first kappa shape index (κ1) is 15.7. The fourth-order valence-electron chi connectivity index (χ4n) is 2.50. The van der Waals surface area contributed by atoms with E-state index in [0.717, 1.165) is 28.9 Å². The van der Waals surface area contributed by atoms with Crippen LogP contribution in [0.4, 0.5) is 10.1 Å². The van der Waals surface area contributed by atoms with Crippen molar-refractivity contribution in [2.24, 2.45) is 0 Å². The molecule has 1 heterocycles. The highest BCUT2D eigenvalue weighted by molar-refractivity contribution is 7.89. The number of carbonyl (C=O) groups is 1. The first-order valence-corrected chi connectivity index (χ1v) is 8.10. The van der Waals surface area contributed by atoms with E-state index in [9.17, 15) is 17.6 Å². The summed E-state index contributed by atoms with van der Waals surface area (Å²) in [5.41, 5.74) is 5.47. The zero-order chi connectivity index (χ0) is 15.6. The van der Waals surface area contributed by atoms with Gasteiger partial charge in [-0.05, 0) is 31.0 Å². The lowest BCUT2D eigenvalue weighted by atomic mass is 10.0. The van der Waals surface area contributed by atoms with Gasteiger partial charge in [0.15, 0.2) is 0 Å². The van der Waals surface area contributed by atoms with Crippen molar-refractivity contribution in [2.75, 3.05) is 19.3 Å². The molecule has 0 aliphatic carbocycles. The smallest absolute Gasteiger partial charge is 0.245 e. The lowest BCUT2D eigenvalue weighted by Gasteiger charge is -2.33. The van der Waals surface area contributed by atoms with Gasteiger partial charge < -0.3 is 11.1 Å². The Kier molecular flexibility index (Phi) is 4.48. The maximum atomic E-state index is 13.1. The molecule has 1 fully saturated rings. The molecule has 116 valence electrons. The zero-order valence-corrected chi connectivity index (χ0v) is 12.5. The summed E-state index contributed by atoms with van der Waals surface area (Å²) in [7, 11) is -2.47. The van der Waals surface area contributed by atoms with Crippen molar-refractivity contribution in [2.45, 2.75) is 30.2 Å². The fraction of sp³-hybridized carbons (Fsp3) is 0.462. The number of nitrogen functional groups attached to an aromatic ring is 1. The Hall–Kier alpha value is -1.67. The van der Waals surface area contributed by atoms with Gasteiger partial charge in [0.25, 0.3) is 0 Å². The van der Waals surface area contributed by atoms with Crippen molar-refractivity contribution >= 4 is 21.6 Å². The van der Waals surface area contributed by atoms with Crippen molar-refractivity contribution < 1.29 is 17.6 Å². The molecule has 0 spiro atoms. The normalized spacial score (nSPS) is 20.2. The number of piperidine rings is 1. The second-order valence-corrected chi connectivity index (χ2v) is 6.78. The quantitative estimate of drug-likeness (QED) is 0.803. The van der Waals surface area contributed by atoms with E-state index < -0.39 is 21.9 Å². The van der Waals surface area contributed by atoms with Gasteiger partial charge >= 0.3 is 0 Å². The Morgan fingerprint density at radius 3 is 2.76 bits per heavy atom. The summed E-state index contributed by atoms with van der Waals surface area (Å²) in [6, 6.07) is 2.39. The molecule has 1 aliphatic rings. The lowest BCUT2D eigenvalue weighted by molar-refractivity contribution is -0.125. The number of carbonyl (C=O) groups excluding carboxylic acids is 1. The summed E-state index contributed by atoms with van der Waals surface area (Å²) >= 11 is 0. The van der Waals surface area contributed by atoms with Crippen LogP contribution in [0.25, 0.3) is 0 Å². The maximum Gasteiger partial charge on any atom is 0.245 e. The van der Waals surface area contributed by atoms with Gasteiger partial charge in [-0.25, -0.2) is 12.8 Å². The van der Waals surface area contributed by atoms with Gasteiger partial charge in [0.05, 0.1) is 5.69 Å². The number of amides is 1. The van der Waals surface area contributed by atoms with E-state index >= 15 is 0 Å². The van der Waals surface area contributed by atoms with Crippen LogP contribution in [0.2, 0.25) is 0 Å². The SMILES string of the molecule is CNC(=O)C1CCCCN1S(=O)(=O)c1ccc(F)cc1N. The molecule has 0 saturated carbocycles. The number of nitrogens with two attached hydrogens (primary N) is 1. The third-order valence-electron chi connectivity index (χ3n) is 3.56. The number of anilines is 1. The van der Waals surface area contributed by atoms with E-state index in [1.807, 2.05) is 0 Å². The van der Waals surface area contributed by atoms with Gasteiger partial charge in [-0.3, -0.25) is 4.79 Å². The average molecular weight is 315 g/mol. The van der Waals surface area contributed by atoms with Gasteiger partial charge in [-0.1, -0.05) is 6.42 Å². The Labute approximate surface area is 123 Å². The molecule has 2 rings (SSSR count). The Morgan fingerprint density at radius 2 is 2.14 bits per heavy atom. The first-order valence-electron chi connectivity index (χ1n) is 6.66. The molecular formula is C13H18FN3O3S. The monoisotopic (exact) mass is 315 g/mol. The number of rotatable bonds is 3. The topological polar surface area (TPSA) is 92.5 Å². The standard InChI is InChI=1S/C13H18FN3O3S/c1-16-13(18)11-4-2-3-7-17(11)21(19,20)12-6-5-9(14)8-10(12)15/h5-6,8,11H,2-4,7,15H2,1H3,(H,16,18). The van der Waals surface area contributed by atoms with Crippen LogP contribution < -0.4 is 11.1 Å². The Bertz CT molecular complexity index is 648. The van der Waals surface area contributed by atoms with Crippen LogP contribution in [0, 0.1) is 5.82 Å². The second-order valence-electron chi connectivity index (χ2n) is 4.92. The molecule has 0 bridgehead atoms. The highest BCUT2D eigenvalue weighted by atomic mass is 32.2. The number of hydrogen-bond donors (Lipinski definition) is 2. The van der Waals surface area contributed by atoms with Gasteiger partial charge in [0, 0.05) is 13.6 Å². The van der Waals surface area contributed by atoms with E-state index in [2.05, 4.69) is 5.32 Å². The summed E-state index contributed by atoms with van der Waals surface area (Å²) in [6.45, 7) is 0.247.